The lowest BCUT2D eigenvalue weighted by Crippen LogP contribution is -2.01. The first-order valence-corrected chi connectivity index (χ1v) is 4.91. The van der Waals surface area contributed by atoms with Gasteiger partial charge in [0.25, 0.3) is 0 Å². The molecule has 0 aliphatic rings. The summed E-state index contributed by atoms with van der Waals surface area (Å²) < 4.78 is 19.0. The Hall–Kier alpha value is -1.05. The van der Waals surface area contributed by atoms with Gasteiger partial charge < -0.3 is 4.74 Å². The Morgan fingerprint density at radius 3 is 2.79 bits per heavy atom. The summed E-state index contributed by atoms with van der Waals surface area (Å²) in [6, 6.07) is 5.19. The zero-order chi connectivity index (χ0) is 10.6. The first kappa shape index (κ1) is 11.0. The topological polar surface area (TPSA) is 9.23 Å². The van der Waals surface area contributed by atoms with Gasteiger partial charge in [-0.15, -0.1) is 0 Å². The van der Waals surface area contributed by atoms with Crippen LogP contribution < -0.4 is 4.74 Å². The Kier molecular flexibility index (Phi) is 3.93. The Morgan fingerprint density at radius 1 is 1.50 bits per heavy atom. The minimum absolute atomic E-state index is 0.0554. The van der Waals surface area contributed by atoms with E-state index < -0.39 is 0 Å². The van der Waals surface area contributed by atoms with Gasteiger partial charge in [-0.3, -0.25) is 0 Å². The third-order valence-corrected chi connectivity index (χ3v) is 1.99. The van der Waals surface area contributed by atoms with Gasteiger partial charge in [-0.25, -0.2) is 4.39 Å². The van der Waals surface area contributed by atoms with Gasteiger partial charge >= 0.3 is 0 Å². The molecule has 0 saturated heterocycles. The molecule has 77 valence electrons. The summed E-state index contributed by atoms with van der Waals surface area (Å²) in [6.07, 6.45) is 0.879. The largest absolute Gasteiger partial charge is 0.491 e. The van der Waals surface area contributed by atoms with Crippen LogP contribution in [0.15, 0.2) is 18.2 Å². The molecule has 1 aromatic rings. The van der Waals surface area contributed by atoms with Gasteiger partial charge in [-0.1, -0.05) is 26.0 Å². The van der Waals surface area contributed by atoms with Crippen molar-refractivity contribution >= 4 is 0 Å². The number of hydrogen-bond donors (Lipinski definition) is 0. The standard InChI is InChI=1S/C12H16FO/c1-4-8-14-11-7-5-6-10(9(2)3)12(11)13/h5-7,9H,2,4,8H2,1,3H3. The summed E-state index contributed by atoms with van der Waals surface area (Å²) in [4.78, 5) is 0. The molecule has 0 heterocycles. The molecule has 0 amide bonds. The van der Waals surface area contributed by atoms with Crippen molar-refractivity contribution in [2.45, 2.75) is 26.2 Å². The Morgan fingerprint density at radius 2 is 2.21 bits per heavy atom. The maximum Gasteiger partial charge on any atom is 0.168 e. The van der Waals surface area contributed by atoms with Crippen LogP contribution >= 0.6 is 0 Å². The molecule has 1 nitrogen and oxygen atoms in total. The number of ether oxygens (including phenoxy) is 1. The molecule has 0 spiro atoms. The maximum absolute atomic E-state index is 13.7. The van der Waals surface area contributed by atoms with Gasteiger partial charge in [0.2, 0.25) is 0 Å². The lowest BCUT2D eigenvalue weighted by Gasteiger charge is -2.11. The summed E-state index contributed by atoms with van der Waals surface area (Å²) in [5, 5.41) is 0. The Labute approximate surface area is 84.9 Å². The highest BCUT2D eigenvalue weighted by Crippen LogP contribution is 2.25. The molecule has 2 heteroatoms. The predicted octanol–water partition coefficient (Wildman–Crippen LogP) is 3.55. The van der Waals surface area contributed by atoms with Crippen molar-refractivity contribution in [2.75, 3.05) is 6.61 Å². The van der Waals surface area contributed by atoms with Gasteiger partial charge in [-0.2, -0.15) is 0 Å². The molecule has 0 bridgehead atoms. The molecule has 0 aliphatic carbocycles. The number of benzene rings is 1. The van der Waals surface area contributed by atoms with Crippen LogP contribution in [0.3, 0.4) is 0 Å². The van der Waals surface area contributed by atoms with Crippen LogP contribution in [0.2, 0.25) is 0 Å². The maximum atomic E-state index is 13.7. The lowest BCUT2D eigenvalue weighted by atomic mass is 10.0. The molecular formula is C12H16FO. The second kappa shape index (κ2) is 4.99. The van der Waals surface area contributed by atoms with Crippen molar-refractivity contribution in [1.29, 1.82) is 0 Å². The minimum Gasteiger partial charge on any atom is -0.491 e. The minimum atomic E-state index is -0.275. The summed E-state index contributed by atoms with van der Waals surface area (Å²) in [5.74, 6) is 0.00322. The third kappa shape index (κ3) is 2.47. The van der Waals surface area contributed by atoms with Crippen molar-refractivity contribution < 1.29 is 9.13 Å². The van der Waals surface area contributed by atoms with Crippen LogP contribution in [-0.4, -0.2) is 6.61 Å². The second-order valence-electron chi connectivity index (χ2n) is 3.41. The van der Waals surface area contributed by atoms with Gasteiger partial charge in [0.05, 0.1) is 6.61 Å². The number of hydrogen-bond acceptors (Lipinski definition) is 1. The molecule has 1 aromatic carbocycles. The van der Waals surface area contributed by atoms with Crippen LogP contribution in [0.25, 0.3) is 0 Å². The van der Waals surface area contributed by atoms with E-state index in [1.54, 1.807) is 18.2 Å². The zero-order valence-corrected chi connectivity index (χ0v) is 8.72. The predicted molar refractivity (Wildman–Crippen MR) is 56.0 cm³/mol. The highest BCUT2D eigenvalue weighted by molar-refractivity contribution is 5.33. The van der Waals surface area contributed by atoms with Gasteiger partial charge in [-0.05, 0) is 30.9 Å². The van der Waals surface area contributed by atoms with Crippen molar-refractivity contribution in [1.82, 2.24) is 0 Å². The van der Waals surface area contributed by atoms with Crippen LogP contribution in [-0.2, 0) is 0 Å². The Balaban J connectivity index is 2.89. The molecule has 0 fully saturated rings. The average Bonchev–Trinajstić information content (AvgIpc) is 2.16. The third-order valence-electron chi connectivity index (χ3n) is 1.99. The first-order chi connectivity index (χ1) is 6.66. The molecule has 1 rings (SSSR count). The van der Waals surface area contributed by atoms with E-state index in [9.17, 15) is 4.39 Å². The van der Waals surface area contributed by atoms with Gasteiger partial charge in [0.1, 0.15) is 0 Å². The molecule has 14 heavy (non-hydrogen) atoms. The SMILES string of the molecule is [CH2]C(C)c1cccc(OCCC)c1F. The molecular weight excluding hydrogens is 179 g/mol. The van der Waals surface area contributed by atoms with E-state index in [-0.39, 0.29) is 11.7 Å². The molecule has 0 N–H and O–H groups in total. The summed E-state index contributed by atoms with van der Waals surface area (Å²) in [7, 11) is 0. The van der Waals surface area contributed by atoms with E-state index in [1.807, 2.05) is 13.8 Å². The van der Waals surface area contributed by atoms with E-state index in [0.717, 1.165) is 6.42 Å². The fourth-order valence-electron chi connectivity index (χ4n) is 1.23. The Bertz CT molecular complexity index is 294. The van der Waals surface area contributed by atoms with Crippen molar-refractivity contribution in [3.05, 3.63) is 36.5 Å². The quantitative estimate of drug-likeness (QED) is 0.713. The van der Waals surface area contributed by atoms with Crippen molar-refractivity contribution in [3.8, 4) is 5.75 Å². The summed E-state index contributed by atoms with van der Waals surface area (Å²) >= 11 is 0. The van der Waals surface area contributed by atoms with E-state index >= 15 is 0 Å². The van der Waals surface area contributed by atoms with E-state index in [1.165, 1.54) is 0 Å². The molecule has 0 aromatic heterocycles. The molecule has 1 atom stereocenters. The highest BCUT2D eigenvalue weighted by atomic mass is 19.1. The number of halogens is 1. The van der Waals surface area contributed by atoms with Gasteiger partial charge in [0.15, 0.2) is 11.6 Å². The molecule has 1 radical (unpaired) electrons. The highest BCUT2D eigenvalue weighted by Gasteiger charge is 2.11. The first-order valence-electron chi connectivity index (χ1n) is 4.91. The zero-order valence-electron chi connectivity index (χ0n) is 8.72. The fourth-order valence-corrected chi connectivity index (χ4v) is 1.23. The van der Waals surface area contributed by atoms with E-state index in [4.69, 9.17) is 4.74 Å². The monoisotopic (exact) mass is 195 g/mol. The fraction of sp³-hybridized carbons (Fsp3) is 0.417. The average molecular weight is 195 g/mol. The van der Waals surface area contributed by atoms with E-state index in [0.29, 0.717) is 17.9 Å². The second-order valence-corrected chi connectivity index (χ2v) is 3.41. The summed E-state index contributed by atoms with van der Waals surface area (Å²) in [5.41, 5.74) is 0.610. The molecule has 0 aliphatic heterocycles. The smallest absolute Gasteiger partial charge is 0.168 e. The lowest BCUT2D eigenvalue weighted by molar-refractivity contribution is 0.300. The molecule has 0 saturated carbocycles. The van der Waals surface area contributed by atoms with Crippen molar-refractivity contribution in [3.63, 3.8) is 0 Å². The van der Waals surface area contributed by atoms with Crippen LogP contribution in [0.5, 0.6) is 5.75 Å². The van der Waals surface area contributed by atoms with Crippen LogP contribution in [0.1, 0.15) is 31.7 Å². The summed E-state index contributed by atoms with van der Waals surface area (Å²) in [6.45, 7) is 8.20. The van der Waals surface area contributed by atoms with Crippen LogP contribution in [0, 0.1) is 12.7 Å². The number of rotatable bonds is 4. The van der Waals surface area contributed by atoms with Crippen molar-refractivity contribution in [2.24, 2.45) is 0 Å². The van der Waals surface area contributed by atoms with Gasteiger partial charge in [0, 0.05) is 0 Å². The van der Waals surface area contributed by atoms with E-state index in [2.05, 4.69) is 6.92 Å². The normalized spacial score (nSPS) is 10.6. The van der Waals surface area contributed by atoms with Crippen LogP contribution in [0.4, 0.5) is 4.39 Å². The molecule has 1 unspecified atom stereocenters.